The van der Waals surface area contributed by atoms with Crippen molar-refractivity contribution in [2.75, 3.05) is 7.04 Å². The maximum absolute atomic E-state index is 11.9. The standard InChI is InChI=1S/C17H19NO3/c1-17(2,3)21-16(19)10-7-13-12-6-5-11-18-14(12)8-9-15(13)20-4/h5-11H,1-4H3/b10-7+/i4D3. The van der Waals surface area contributed by atoms with Crippen LogP contribution in [0.4, 0.5) is 0 Å². The molecule has 0 saturated heterocycles. The molecule has 0 amide bonds. The molecule has 0 saturated carbocycles. The third-order valence-corrected chi connectivity index (χ3v) is 2.69. The lowest BCUT2D eigenvalue weighted by molar-refractivity contribution is -0.148. The molecule has 4 nitrogen and oxygen atoms in total. The van der Waals surface area contributed by atoms with E-state index in [0.717, 1.165) is 0 Å². The van der Waals surface area contributed by atoms with E-state index in [1.54, 1.807) is 45.2 Å². The number of esters is 1. The Hall–Kier alpha value is -2.36. The molecule has 0 aliphatic heterocycles. The number of rotatable bonds is 3. The second kappa shape index (κ2) is 5.95. The van der Waals surface area contributed by atoms with Gasteiger partial charge < -0.3 is 9.47 Å². The maximum atomic E-state index is 11.9. The molecule has 0 bridgehead atoms. The average Bonchev–Trinajstić information content (AvgIpc) is 2.42. The predicted octanol–water partition coefficient (Wildman–Crippen LogP) is 3.60. The first-order valence-electron chi connectivity index (χ1n) is 8.03. The Morgan fingerprint density at radius 2 is 2.14 bits per heavy atom. The zero-order valence-corrected chi connectivity index (χ0v) is 12.2. The van der Waals surface area contributed by atoms with Crippen LogP contribution in [0.5, 0.6) is 5.75 Å². The van der Waals surface area contributed by atoms with Crippen molar-refractivity contribution in [3.05, 3.63) is 42.1 Å². The third-order valence-electron chi connectivity index (χ3n) is 2.69. The summed E-state index contributed by atoms with van der Waals surface area (Å²) in [4.78, 5) is 16.1. The van der Waals surface area contributed by atoms with Crippen LogP contribution >= 0.6 is 0 Å². The molecule has 0 spiro atoms. The number of hydrogen-bond acceptors (Lipinski definition) is 4. The van der Waals surface area contributed by atoms with Gasteiger partial charge in [-0.25, -0.2) is 4.79 Å². The summed E-state index contributed by atoms with van der Waals surface area (Å²) in [5, 5.41) is 0.680. The molecular weight excluding hydrogens is 266 g/mol. The third kappa shape index (κ3) is 3.81. The maximum Gasteiger partial charge on any atom is 0.331 e. The Kier molecular flexibility index (Phi) is 3.21. The smallest absolute Gasteiger partial charge is 0.331 e. The first kappa shape index (κ1) is 11.3. The number of hydrogen-bond donors (Lipinski definition) is 0. The van der Waals surface area contributed by atoms with Gasteiger partial charge in [-0.1, -0.05) is 6.07 Å². The molecule has 0 atom stereocenters. The SMILES string of the molecule is [2H]C([2H])([2H])Oc1ccc2ncccc2c1/C=C/C(=O)OC(C)(C)C. The monoisotopic (exact) mass is 288 g/mol. The van der Waals surface area contributed by atoms with Crippen molar-refractivity contribution in [2.24, 2.45) is 0 Å². The van der Waals surface area contributed by atoms with E-state index in [1.165, 1.54) is 18.2 Å². The van der Waals surface area contributed by atoms with Crippen molar-refractivity contribution >= 4 is 22.9 Å². The van der Waals surface area contributed by atoms with Crippen LogP contribution in [0.3, 0.4) is 0 Å². The van der Waals surface area contributed by atoms with Crippen molar-refractivity contribution in [3.63, 3.8) is 0 Å². The number of benzene rings is 1. The van der Waals surface area contributed by atoms with Crippen LogP contribution in [0.1, 0.15) is 30.4 Å². The van der Waals surface area contributed by atoms with Gasteiger partial charge in [0.05, 0.1) is 16.7 Å². The molecule has 0 radical (unpaired) electrons. The summed E-state index contributed by atoms with van der Waals surface area (Å²) in [5.74, 6) is -0.376. The van der Waals surface area contributed by atoms with Crippen LogP contribution in [-0.2, 0) is 9.53 Å². The highest BCUT2D eigenvalue weighted by atomic mass is 16.6. The Morgan fingerprint density at radius 3 is 2.86 bits per heavy atom. The first-order valence-corrected chi connectivity index (χ1v) is 6.53. The van der Waals surface area contributed by atoms with Crippen molar-refractivity contribution in [2.45, 2.75) is 26.4 Å². The molecule has 1 aromatic heterocycles. The first-order chi connectivity index (χ1) is 11.1. The number of fused-ring (bicyclic) bond motifs is 1. The van der Waals surface area contributed by atoms with E-state index in [2.05, 4.69) is 4.98 Å². The molecule has 0 aliphatic carbocycles. The number of pyridine rings is 1. The van der Waals surface area contributed by atoms with Gasteiger partial charge in [-0.05, 0) is 45.0 Å². The summed E-state index contributed by atoms with van der Waals surface area (Å²) >= 11 is 0. The molecule has 0 unspecified atom stereocenters. The van der Waals surface area contributed by atoms with E-state index in [4.69, 9.17) is 13.6 Å². The summed E-state index contributed by atoms with van der Waals surface area (Å²) in [6, 6.07) is 6.70. The van der Waals surface area contributed by atoms with Crippen LogP contribution in [0.2, 0.25) is 0 Å². The molecule has 1 aromatic carbocycles. The molecule has 0 fully saturated rings. The predicted molar refractivity (Wildman–Crippen MR) is 83.2 cm³/mol. The van der Waals surface area contributed by atoms with Gasteiger partial charge in [-0.2, -0.15) is 0 Å². The minimum Gasteiger partial charge on any atom is -0.496 e. The molecule has 21 heavy (non-hydrogen) atoms. The summed E-state index contributed by atoms with van der Waals surface area (Å²) < 4.78 is 32.1. The number of methoxy groups -OCH3 is 1. The van der Waals surface area contributed by atoms with E-state index in [9.17, 15) is 4.79 Å². The summed E-state index contributed by atoms with van der Waals surface area (Å²) in [5.41, 5.74) is 0.515. The number of nitrogens with zero attached hydrogens (tertiary/aromatic N) is 1. The molecular formula is C17H19NO3. The highest BCUT2D eigenvalue weighted by Crippen LogP contribution is 2.28. The van der Waals surface area contributed by atoms with Gasteiger partial charge in [0, 0.05) is 23.2 Å². The fourth-order valence-corrected chi connectivity index (χ4v) is 1.90. The number of carbonyl (C=O) groups excluding carboxylic acids is 1. The fraction of sp³-hybridized carbons (Fsp3) is 0.294. The molecule has 2 aromatic rings. The fourth-order valence-electron chi connectivity index (χ4n) is 1.90. The van der Waals surface area contributed by atoms with E-state index >= 15 is 0 Å². The van der Waals surface area contributed by atoms with Crippen molar-refractivity contribution in [1.82, 2.24) is 4.98 Å². The van der Waals surface area contributed by atoms with Gasteiger partial charge >= 0.3 is 5.97 Å². The lowest BCUT2D eigenvalue weighted by atomic mass is 10.1. The summed E-state index contributed by atoms with van der Waals surface area (Å²) in [6.45, 7) is 5.30. The molecule has 2 rings (SSSR count). The second-order valence-electron chi connectivity index (χ2n) is 5.52. The van der Waals surface area contributed by atoms with Crippen molar-refractivity contribution in [3.8, 4) is 5.75 Å². The van der Waals surface area contributed by atoms with Crippen LogP contribution in [0.15, 0.2) is 36.5 Å². The zero-order chi connectivity index (χ0) is 18.0. The highest BCUT2D eigenvalue weighted by molar-refractivity contribution is 5.95. The van der Waals surface area contributed by atoms with Crippen molar-refractivity contribution < 1.29 is 18.4 Å². The van der Waals surface area contributed by atoms with Gasteiger partial charge in [0.15, 0.2) is 0 Å². The van der Waals surface area contributed by atoms with E-state index in [-0.39, 0.29) is 5.75 Å². The molecule has 110 valence electrons. The van der Waals surface area contributed by atoms with Gasteiger partial charge in [0.2, 0.25) is 0 Å². The Balaban J connectivity index is 2.45. The minimum absolute atomic E-state index is 0.148. The lowest BCUT2D eigenvalue weighted by Crippen LogP contribution is -2.22. The van der Waals surface area contributed by atoms with Gasteiger partial charge in [0.1, 0.15) is 11.4 Å². The Labute approximate surface area is 128 Å². The van der Waals surface area contributed by atoms with Gasteiger partial charge in [-0.15, -0.1) is 0 Å². The van der Waals surface area contributed by atoms with Crippen LogP contribution < -0.4 is 4.74 Å². The van der Waals surface area contributed by atoms with Gasteiger partial charge in [-0.3, -0.25) is 4.98 Å². The quantitative estimate of drug-likeness (QED) is 0.639. The number of carbonyl (C=O) groups is 1. The molecule has 0 aliphatic rings. The van der Waals surface area contributed by atoms with E-state index in [1.807, 2.05) is 0 Å². The lowest BCUT2D eigenvalue weighted by Gasteiger charge is -2.18. The number of aromatic nitrogens is 1. The van der Waals surface area contributed by atoms with E-state index in [0.29, 0.717) is 16.5 Å². The second-order valence-corrected chi connectivity index (χ2v) is 5.52. The van der Waals surface area contributed by atoms with Crippen LogP contribution in [0.25, 0.3) is 17.0 Å². The van der Waals surface area contributed by atoms with E-state index < -0.39 is 18.6 Å². The highest BCUT2D eigenvalue weighted by Gasteiger charge is 2.14. The van der Waals surface area contributed by atoms with Crippen LogP contribution in [0, 0.1) is 0 Å². The number of ether oxygens (including phenoxy) is 2. The zero-order valence-electron chi connectivity index (χ0n) is 15.2. The largest absolute Gasteiger partial charge is 0.496 e. The normalized spacial score (nSPS) is 14.5. The van der Waals surface area contributed by atoms with Crippen LogP contribution in [-0.4, -0.2) is 23.6 Å². The summed E-state index contributed by atoms with van der Waals surface area (Å²) in [7, 11) is -2.59. The Bertz CT molecular complexity index is 777. The molecule has 4 heteroatoms. The minimum atomic E-state index is -2.59. The molecule has 0 N–H and O–H groups in total. The Morgan fingerprint density at radius 1 is 1.33 bits per heavy atom. The topological polar surface area (TPSA) is 48.4 Å². The summed E-state index contributed by atoms with van der Waals surface area (Å²) in [6.07, 6.45) is 4.37. The molecule has 1 heterocycles. The average molecular weight is 288 g/mol. The van der Waals surface area contributed by atoms with Crippen molar-refractivity contribution in [1.29, 1.82) is 0 Å². The van der Waals surface area contributed by atoms with Gasteiger partial charge in [0.25, 0.3) is 0 Å².